The van der Waals surface area contributed by atoms with E-state index in [9.17, 15) is 10.1 Å². The fourth-order valence-electron chi connectivity index (χ4n) is 3.07. The average Bonchev–Trinajstić information content (AvgIpc) is 3.16. The molecule has 1 atom stereocenters. The Morgan fingerprint density at radius 2 is 2.10 bits per heavy atom. The summed E-state index contributed by atoms with van der Waals surface area (Å²) in [6, 6.07) is 10.3. The first-order valence-electron chi connectivity index (χ1n) is 10.0. The van der Waals surface area contributed by atoms with Crippen LogP contribution < -0.4 is 10.2 Å². The van der Waals surface area contributed by atoms with Crippen molar-refractivity contribution in [3.8, 4) is 11.8 Å². The van der Waals surface area contributed by atoms with Crippen molar-refractivity contribution in [2.75, 3.05) is 37.0 Å². The van der Waals surface area contributed by atoms with Crippen LogP contribution in [0.3, 0.4) is 0 Å². The molecule has 0 radical (unpaired) electrons. The molecule has 8 nitrogen and oxygen atoms in total. The normalized spacial score (nSPS) is 16.2. The van der Waals surface area contributed by atoms with Crippen molar-refractivity contribution >= 4 is 23.6 Å². The second-order valence-corrected chi connectivity index (χ2v) is 8.80. The minimum absolute atomic E-state index is 0.000296. The van der Waals surface area contributed by atoms with Crippen molar-refractivity contribution in [2.24, 2.45) is 5.92 Å². The van der Waals surface area contributed by atoms with E-state index in [-0.39, 0.29) is 17.6 Å². The van der Waals surface area contributed by atoms with Crippen molar-refractivity contribution in [1.82, 2.24) is 20.1 Å². The predicted octanol–water partition coefficient (Wildman–Crippen LogP) is 2.56. The van der Waals surface area contributed by atoms with Gasteiger partial charge in [0.05, 0.1) is 30.7 Å². The standard InChI is InChI=1S/C21H28N6O2S/c1-15(2)21(4,14-22)23-18(28)13-30-20-25-24-19(26-8-10-29-11-9-26)27(20)17-7-5-6-16(3)12-17/h5-7,12,15H,8-11,13H2,1-4H3,(H,23,28). The van der Waals surface area contributed by atoms with Gasteiger partial charge in [0.25, 0.3) is 0 Å². The Kier molecular flexibility index (Phi) is 7.00. The lowest BCUT2D eigenvalue weighted by Crippen LogP contribution is -2.49. The highest BCUT2D eigenvalue weighted by Gasteiger charge is 2.30. The molecule has 160 valence electrons. The van der Waals surface area contributed by atoms with E-state index in [0.717, 1.165) is 30.3 Å². The topological polar surface area (TPSA) is 96.1 Å². The van der Waals surface area contributed by atoms with Gasteiger partial charge in [0.2, 0.25) is 11.9 Å². The van der Waals surface area contributed by atoms with Crippen molar-refractivity contribution in [2.45, 2.75) is 38.4 Å². The van der Waals surface area contributed by atoms with E-state index in [1.165, 1.54) is 11.8 Å². The highest BCUT2D eigenvalue weighted by Crippen LogP contribution is 2.28. The average molecular weight is 429 g/mol. The number of carbonyl (C=O) groups is 1. The van der Waals surface area contributed by atoms with Crippen molar-refractivity contribution < 1.29 is 9.53 Å². The maximum absolute atomic E-state index is 12.5. The molecule has 0 saturated carbocycles. The lowest BCUT2D eigenvalue weighted by atomic mass is 9.90. The number of aromatic nitrogens is 3. The molecule has 1 saturated heterocycles. The first-order valence-corrected chi connectivity index (χ1v) is 11.0. The van der Waals surface area contributed by atoms with Gasteiger partial charge in [-0.25, -0.2) is 0 Å². The maximum atomic E-state index is 12.5. The summed E-state index contributed by atoms with van der Waals surface area (Å²) in [5.74, 6) is 0.692. The lowest BCUT2D eigenvalue weighted by molar-refractivity contribution is -0.120. The zero-order valence-electron chi connectivity index (χ0n) is 17.9. The number of nitrogens with zero attached hydrogens (tertiary/aromatic N) is 5. The van der Waals surface area contributed by atoms with Gasteiger partial charge < -0.3 is 15.0 Å². The molecule has 3 rings (SSSR count). The van der Waals surface area contributed by atoms with Crippen LogP contribution in [0.1, 0.15) is 26.3 Å². The van der Waals surface area contributed by atoms with E-state index in [0.29, 0.717) is 18.4 Å². The molecule has 0 bridgehead atoms. The molecule has 2 aromatic rings. The fourth-order valence-corrected chi connectivity index (χ4v) is 3.82. The van der Waals surface area contributed by atoms with E-state index in [2.05, 4.69) is 32.5 Å². The van der Waals surface area contributed by atoms with Crippen LogP contribution in [-0.2, 0) is 9.53 Å². The molecular formula is C21H28N6O2S. The smallest absolute Gasteiger partial charge is 0.232 e. The van der Waals surface area contributed by atoms with Gasteiger partial charge in [-0.05, 0) is 37.5 Å². The number of nitrogens with one attached hydrogen (secondary N) is 1. The highest BCUT2D eigenvalue weighted by atomic mass is 32.2. The number of amides is 1. The summed E-state index contributed by atoms with van der Waals surface area (Å²) in [5, 5.41) is 21.7. The number of ether oxygens (including phenoxy) is 1. The minimum atomic E-state index is -0.902. The molecular weight excluding hydrogens is 400 g/mol. The molecule has 1 amide bonds. The van der Waals surface area contributed by atoms with Crippen LogP contribution in [0.2, 0.25) is 0 Å². The summed E-state index contributed by atoms with van der Waals surface area (Å²) < 4.78 is 7.45. The second kappa shape index (κ2) is 9.49. The zero-order valence-corrected chi connectivity index (χ0v) is 18.7. The highest BCUT2D eigenvalue weighted by molar-refractivity contribution is 7.99. The molecule has 1 aromatic heterocycles. The second-order valence-electron chi connectivity index (χ2n) is 7.86. The SMILES string of the molecule is Cc1cccc(-n2c(SCC(=O)NC(C)(C#N)C(C)C)nnc2N2CCOCC2)c1. The number of thioether (sulfide) groups is 1. The first kappa shape index (κ1) is 22.1. The number of hydrogen-bond donors (Lipinski definition) is 1. The number of benzene rings is 1. The number of anilines is 1. The van der Waals surface area contributed by atoms with Gasteiger partial charge in [0, 0.05) is 13.1 Å². The van der Waals surface area contributed by atoms with Crippen LogP contribution >= 0.6 is 11.8 Å². The molecule has 1 fully saturated rings. The molecule has 0 spiro atoms. The van der Waals surface area contributed by atoms with Crippen LogP contribution in [0.4, 0.5) is 5.95 Å². The predicted molar refractivity (Wildman–Crippen MR) is 117 cm³/mol. The Labute approximate surface area is 181 Å². The molecule has 30 heavy (non-hydrogen) atoms. The number of rotatable bonds is 7. The summed E-state index contributed by atoms with van der Waals surface area (Å²) in [4.78, 5) is 14.7. The van der Waals surface area contributed by atoms with E-state index < -0.39 is 5.54 Å². The lowest BCUT2D eigenvalue weighted by Gasteiger charge is -2.28. The maximum Gasteiger partial charge on any atom is 0.232 e. The molecule has 1 aliphatic rings. The Morgan fingerprint density at radius 1 is 1.37 bits per heavy atom. The Balaban J connectivity index is 1.83. The molecule has 9 heteroatoms. The Bertz CT molecular complexity index is 932. The number of hydrogen-bond acceptors (Lipinski definition) is 7. The van der Waals surface area contributed by atoms with E-state index >= 15 is 0 Å². The van der Waals surface area contributed by atoms with Crippen LogP contribution in [0.5, 0.6) is 0 Å². The summed E-state index contributed by atoms with van der Waals surface area (Å²) in [6.07, 6.45) is 0. The molecule has 2 heterocycles. The fraction of sp³-hybridized carbons (Fsp3) is 0.524. The third-order valence-corrected chi connectivity index (χ3v) is 6.22. The van der Waals surface area contributed by atoms with Crippen LogP contribution in [0.15, 0.2) is 29.4 Å². The molecule has 1 aliphatic heterocycles. The summed E-state index contributed by atoms with van der Waals surface area (Å²) in [7, 11) is 0. The van der Waals surface area contributed by atoms with Gasteiger partial charge in [-0.15, -0.1) is 10.2 Å². The van der Waals surface area contributed by atoms with Gasteiger partial charge in [0.15, 0.2) is 5.16 Å². The monoisotopic (exact) mass is 428 g/mol. The van der Waals surface area contributed by atoms with Crippen molar-refractivity contribution in [3.63, 3.8) is 0 Å². The quantitative estimate of drug-likeness (QED) is 0.677. The zero-order chi connectivity index (χ0) is 21.7. The Morgan fingerprint density at radius 3 is 2.73 bits per heavy atom. The number of carbonyl (C=O) groups excluding carboxylic acids is 1. The van der Waals surface area contributed by atoms with Gasteiger partial charge in [-0.1, -0.05) is 37.7 Å². The summed E-state index contributed by atoms with van der Waals surface area (Å²) in [5.41, 5.74) is 1.18. The molecule has 1 unspecified atom stereocenters. The summed E-state index contributed by atoms with van der Waals surface area (Å²) >= 11 is 1.31. The molecule has 1 N–H and O–H groups in total. The van der Waals surface area contributed by atoms with E-state index in [1.54, 1.807) is 6.92 Å². The largest absolute Gasteiger partial charge is 0.378 e. The van der Waals surface area contributed by atoms with E-state index in [4.69, 9.17) is 4.74 Å². The Hall–Kier alpha value is -2.57. The van der Waals surface area contributed by atoms with Crippen LogP contribution in [0.25, 0.3) is 5.69 Å². The van der Waals surface area contributed by atoms with Crippen LogP contribution in [0, 0.1) is 24.2 Å². The third-order valence-electron chi connectivity index (χ3n) is 5.29. The van der Waals surface area contributed by atoms with Gasteiger partial charge >= 0.3 is 0 Å². The number of nitriles is 1. The molecule has 1 aromatic carbocycles. The minimum Gasteiger partial charge on any atom is -0.378 e. The third kappa shape index (κ3) is 4.94. The van der Waals surface area contributed by atoms with Gasteiger partial charge in [-0.2, -0.15) is 5.26 Å². The summed E-state index contributed by atoms with van der Waals surface area (Å²) in [6.45, 7) is 10.4. The molecule has 0 aliphatic carbocycles. The van der Waals surface area contributed by atoms with Crippen LogP contribution in [-0.4, -0.2) is 58.3 Å². The van der Waals surface area contributed by atoms with Crippen molar-refractivity contribution in [1.29, 1.82) is 5.26 Å². The first-order chi connectivity index (χ1) is 14.3. The van der Waals surface area contributed by atoms with E-state index in [1.807, 2.05) is 43.5 Å². The van der Waals surface area contributed by atoms with Gasteiger partial charge in [0.1, 0.15) is 5.54 Å². The number of aryl methyl sites for hydroxylation is 1. The van der Waals surface area contributed by atoms with Crippen molar-refractivity contribution in [3.05, 3.63) is 29.8 Å². The number of morpholine rings is 1. The van der Waals surface area contributed by atoms with Gasteiger partial charge in [-0.3, -0.25) is 9.36 Å².